The third-order valence-electron chi connectivity index (χ3n) is 5.37. The number of carbonyl (C=O) groups excluding carboxylic acids is 2. The number of anilines is 1. The Hall–Kier alpha value is -4.06. The van der Waals surface area contributed by atoms with E-state index < -0.39 is 24.1 Å². The van der Waals surface area contributed by atoms with E-state index in [0.717, 1.165) is 6.07 Å². The van der Waals surface area contributed by atoms with Crippen LogP contribution in [0.5, 0.6) is 5.75 Å². The summed E-state index contributed by atoms with van der Waals surface area (Å²) >= 11 is 6.08. The van der Waals surface area contributed by atoms with E-state index in [4.69, 9.17) is 17.3 Å². The van der Waals surface area contributed by atoms with Crippen LogP contribution in [0, 0.1) is 0 Å². The largest absolute Gasteiger partial charge is 0.573 e. The Labute approximate surface area is 208 Å². The molecule has 36 heavy (non-hydrogen) atoms. The summed E-state index contributed by atoms with van der Waals surface area (Å²) in [6.07, 6.45) is -3.71. The minimum absolute atomic E-state index is 0.00412. The Morgan fingerprint density at radius 2 is 2.00 bits per heavy atom. The molecule has 0 saturated heterocycles. The lowest BCUT2D eigenvalue weighted by Crippen LogP contribution is -2.41. The number of primary amides is 1. The molecule has 0 aliphatic carbocycles. The van der Waals surface area contributed by atoms with Gasteiger partial charge >= 0.3 is 12.4 Å². The van der Waals surface area contributed by atoms with Crippen molar-refractivity contribution < 1.29 is 27.5 Å². The summed E-state index contributed by atoms with van der Waals surface area (Å²) in [4.78, 5) is 30.4. The molecule has 188 valence electrons. The zero-order valence-electron chi connectivity index (χ0n) is 18.8. The van der Waals surface area contributed by atoms with Crippen molar-refractivity contribution in [2.45, 2.75) is 19.5 Å². The first-order chi connectivity index (χ1) is 17.1. The number of ether oxygens (including phenoxy) is 1. The molecule has 2 heterocycles. The van der Waals surface area contributed by atoms with Gasteiger partial charge in [0.1, 0.15) is 11.4 Å². The molecule has 0 unspecified atom stereocenters. The number of benzene rings is 2. The predicted octanol–water partition coefficient (Wildman–Crippen LogP) is 4.30. The minimum atomic E-state index is -4.92. The zero-order chi connectivity index (χ0) is 26.0. The fourth-order valence-corrected chi connectivity index (χ4v) is 4.05. The molecular formula is C23H20ClF3N6O3. The number of aromatic nitrogens is 2. The number of rotatable bonds is 5. The number of nitrogens with two attached hydrogens (primary N) is 1. The molecule has 9 nitrogen and oxygen atoms in total. The summed E-state index contributed by atoms with van der Waals surface area (Å²) in [5.74, 6) is -1.22. The van der Waals surface area contributed by atoms with Crippen molar-refractivity contribution in [3.8, 4) is 17.0 Å². The van der Waals surface area contributed by atoms with Crippen LogP contribution in [0.3, 0.4) is 0 Å². The fraction of sp³-hybridized carbons (Fsp3) is 0.217. The van der Waals surface area contributed by atoms with E-state index in [2.05, 4.69) is 20.1 Å². The number of carbonyl (C=O) groups is 2. The van der Waals surface area contributed by atoms with Crippen molar-refractivity contribution in [2.75, 3.05) is 18.9 Å². The van der Waals surface area contributed by atoms with Crippen LogP contribution in [-0.2, 0) is 13.1 Å². The van der Waals surface area contributed by atoms with Crippen LogP contribution >= 0.6 is 11.6 Å². The maximum atomic E-state index is 12.9. The third-order valence-corrected chi connectivity index (χ3v) is 5.61. The maximum absolute atomic E-state index is 12.9. The van der Waals surface area contributed by atoms with Crippen LogP contribution in [0.25, 0.3) is 11.3 Å². The van der Waals surface area contributed by atoms with Gasteiger partial charge in [-0.3, -0.25) is 14.5 Å². The van der Waals surface area contributed by atoms with E-state index in [-0.39, 0.29) is 36.4 Å². The molecule has 3 N–H and O–H groups in total. The number of hydrogen-bond acceptors (Lipinski definition) is 5. The molecular weight excluding hydrogens is 501 g/mol. The highest BCUT2D eigenvalue weighted by Crippen LogP contribution is 2.31. The van der Waals surface area contributed by atoms with E-state index in [1.165, 1.54) is 30.3 Å². The second kappa shape index (κ2) is 9.90. The van der Waals surface area contributed by atoms with Crippen molar-refractivity contribution in [1.82, 2.24) is 14.7 Å². The smallest absolute Gasteiger partial charge is 0.405 e. The quantitative estimate of drug-likeness (QED) is 0.488. The number of nitrogens with zero attached hydrogens (tertiary/aromatic N) is 4. The van der Waals surface area contributed by atoms with Crippen LogP contribution in [-0.4, -0.2) is 52.8 Å². The highest BCUT2D eigenvalue weighted by Gasteiger charge is 2.33. The number of aliphatic imine (C=N–C) groups is 1. The van der Waals surface area contributed by atoms with Gasteiger partial charge in [0.05, 0.1) is 24.3 Å². The number of nitrogens with one attached hydrogen (secondary N) is 1. The van der Waals surface area contributed by atoms with E-state index in [1.807, 2.05) is 0 Å². The van der Waals surface area contributed by atoms with Crippen molar-refractivity contribution in [3.63, 3.8) is 0 Å². The number of hydrogen-bond donors (Lipinski definition) is 2. The van der Waals surface area contributed by atoms with Gasteiger partial charge in [-0.05, 0) is 24.3 Å². The third kappa shape index (κ3) is 5.43. The van der Waals surface area contributed by atoms with Crippen LogP contribution < -0.4 is 15.8 Å². The van der Waals surface area contributed by atoms with Crippen LogP contribution in [0.4, 0.5) is 23.7 Å². The topological polar surface area (TPSA) is 115 Å². The Morgan fingerprint density at radius 1 is 1.22 bits per heavy atom. The molecule has 0 radical (unpaired) electrons. The zero-order valence-corrected chi connectivity index (χ0v) is 19.6. The molecule has 3 amide bonds. The molecule has 0 atom stereocenters. The fourth-order valence-electron chi connectivity index (χ4n) is 3.86. The lowest BCUT2D eigenvalue weighted by Gasteiger charge is -2.28. The van der Waals surface area contributed by atoms with Gasteiger partial charge in [-0.25, -0.2) is 4.79 Å². The molecule has 1 aliphatic rings. The monoisotopic (exact) mass is 520 g/mol. The van der Waals surface area contributed by atoms with Gasteiger partial charge in [0.25, 0.3) is 5.91 Å². The first-order valence-electron chi connectivity index (χ1n) is 10.6. The van der Waals surface area contributed by atoms with Crippen LogP contribution in [0.2, 0.25) is 5.02 Å². The van der Waals surface area contributed by atoms with Gasteiger partial charge in [-0.2, -0.15) is 5.10 Å². The summed E-state index contributed by atoms with van der Waals surface area (Å²) < 4.78 is 44.1. The molecule has 2 aromatic carbocycles. The molecule has 0 spiro atoms. The van der Waals surface area contributed by atoms with Gasteiger partial charge in [0.15, 0.2) is 0 Å². The molecule has 0 saturated carbocycles. The first kappa shape index (κ1) is 25.0. The number of halogens is 4. The van der Waals surface area contributed by atoms with Gasteiger partial charge in [0, 0.05) is 47.7 Å². The second-order valence-electron chi connectivity index (χ2n) is 7.81. The highest BCUT2D eigenvalue weighted by molar-refractivity contribution is 6.30. The SMILES string of the molecule is CN=Cc1ccc(NC(=O)N2CCn3nc(-c4cccc(Cl)c4)c(C(N)=O)c3C2)cc1OC(F)(F)F. The van der Waals surface area contributed by atoms with E-state index in [0.29, 0.717) is 22.0 Å². The maximum Gasteiger partial charge on any atom is 0.573 e. The summed E-state index contributed by atoms with van der Waals surface area (Å²) in [6, 6.07) is 10.0. The van der Waals surface area contributed by atoms with Gasteiger partial charge < -0.3 is 20.7 Å². The van der Waals surface area contributed by atoms with Gasteiger partial charge in [0.2, 0.25) is 0 Å². The average Bonchev–Trinajstić information content (AvgIpc) is 3.19. The van der Waals surface area contributed by atoms with E-state index >= 15 is 0 Å². The lowest BCUT2D eigenvalue weighted by molar-refractivity contribution is -0.274. The van der Waals surface area contributed by atoms with Crippen molar-refractivity contribution >= 4 is 35.4 Å². The van der Waals surface area contributed by atoms with Crippen LogP contribution in [0.15, 0.2) is 47.5 Å². The Bertz CT molecular complexity index is 1360. The van der Waals surface area contributed by atoms with Crippen molar-refractivity contribution in [1.29, 1.82) is 0 Å². The molecule has 1 aliphatic heterocycles. The van der Waals surface area contributed by atoms with Gasteiger partial charge in [-0.15, -0.1) is 13.2 Å². The standard InChI is InChI=1S/C23H20ClF3N6O3/c1-29-11-14-5-6-16(10-18(14)36-23(25,26)27)30-22(35)32-7-8-33-17(12-32)19(21(28)34)20(31-33)13-3-2-4-15(24)9-13/h2-6,9-11H,7-8,12H2,1H3,(H2,28,34)(H,30,35). The molecule has 3 aromatic rings. The van der Waals surface area contributed by atoms with Crippen molar-refractivity contribution in [2.24, 2.45) is 10.7 Å². The normalized spacial score (nSPS) is 13.5. The van der Waals surface area contributed by atoms with Gasteiger partial charge in [-0.1, -0.05) is 23.7 Å². The minimum Gasteiger partial charge on any atom is -0.405 e. The number of amides is 3. The summed E-state index contributed by atoms with van der Waals surface area (Å²) in [7, 11) is 1.41. The number of urea groups is 1. The Balaban J connectivity index is 1.58. The second-order valence-corrected chi connectivity index (χ2v) is 8.24. The average molecular weight is 521 g/mol. The van der Waals surface area contributed by atoms with Crippen molar-refractivity contribution in [3.05, 3.63) is 64.3 Å². The number of alkyl halides is 3. The molecule has 13 heteroatoms. The van der Waals surface area contributed by atoms with E-state index in [9.17, 15) is 22.8 Å². The molecule has 1 aromatic heterocycles. The molecule has 0 bridgehead atoms. The van der Waals surface area contributed by atoms with Crippen LogP contribution in [0.1, 0.15) is 21.6 Å². The molecule has 0 fully saturated rings. The molecule has 4 rings (SSSR count). The highest BCUT2D eigenvalue weighted by atomic mass is 35.5. The predicted molar refractivity (Wildman–Crippen MR) is 127 cm³/mol. The Morgan fingerprint density at radius 3 is 2.67 bits per heavy atom. The Kier molecular flexibility index (Phi) is 6.88. The number of fused-ring (bicyclic) bond motifs is 1. The first-order valence-corrected chi connectivity index (χ1v) is 11.0. The summed E-state index contributed by atoms with van der Waals surface area (Å²) in [5.41, 5.74) is 7.38. The summed E-state index contributed by atoms with van der Waals surface area (Å²) in [6.45, 7) is 0.516. The van der Waals surface area contributed by atoms with E-state index in [1.54, 1.807) is 28.9 Å². The summed E-state index contributed by atoms with van der Waals surface area (Å²) in [5, 5.41) is 7.52. The lowest BCUT2D eigenvalue weighted by atomic mass is 10.0.